The Kier molecular flexibility index (Phi) is 4.96. The summed E-state index contributed by atoms with van der Waals surface area (Å²) in [5.74, 6) is 0.783. The lowest BCUT2D eigenvalue weighted by atomic mass is 10.1. The minimum atomic E-state index is -0.324. The Morgan fingerprint density at radius 3 is 2.58 bits per heavy atom. The molecule has 4 nitrogen and oxygen atoms in total. The van der Waals surface area contributed by atoms with Gasteiger partial charge in [-0.25, -0.2) is 4.79 Å². The lowest BCUT2D eigenvalue weighted by molar-refractivity contribution is 0.319. The molecule has 0 N–H and O–H groups in total. The van der Waals surface area contributed by atoms with Gasteiger partial charge in [-0.2, -0.15) is 0 Å². The summed E-state index contributed by atoms with van der Waals surface area (Å²) < 4.78 is 10.9. The first-order valence-corrected chi connectivity index (χ1v) is 8.08. The SMILES string of the molecule is CCOc1ccc2oc(=O)cc(CN(C)Cc3ccccc3)c2c1. The Bertz CT molecular complexity index is 871. The first kappa shape index (κ1) is 16.3. The molecule has 0 bridgehead atoms. The zero-order valence-corrected chi connectivity index (χ0v) is 14.0. The van der Waals surface area contributed by atoms with E-state index in [0.29, 0.717) is 18.7 Å². The summed E-state index contributed by atoms with van der Waals surface area (Å²) in [6.07, 6.45) is 0. The van der Waals surface area contributed by atoms with Crippen molar-refractivity contribution in [2.24, 2.45) is 0 Å². The Labute approximate surface area is 141 Å². The second-order valence-electron chi connectivity index (χ2n) is 5.84. The molecule has 0 aliphatic heterocycles. The molecule has 0 unspecified atom stereocenters. The molecule has 24 heavy (non-hydrogen) atoms. The van der Waals surface area contributed by atoms with E-state index in [1.165, 1.54) is 5.56 Å². The van der Waals surface area contributed by atoms with Gasteiger partial charge in [0.25, 0.3) is 0 Å². The molecule has 2 aromatic carbocycles. The highest BCUT2D eigenvalue weighted by molar-refractivity contribution is 5.81. The first-order chi connectivity index (χ1) is 11.7. The Morgan fingerprint density at radius 1 is 1.04 bits per heavy atom. The van der Waals surface area contributed by atoms with Gasteiger partial charge >= 0.3 is 5.63 Å². The zero-order valence-electron chi connectivity index (χ0n) is 14.0. The topological polar surface area (TPSA) is 42.7 Å². The van der Waals surface area contributed by atoms with Crippen molar-refractivity contribution in [1.29, 1.82) is 0 Å². The Hall–Kier alpha value is -2.59. The van der Waals surface area contributed by atoms with E-state index in [2.05, 4.69) is 17.0 Å². The van der Waals surface area contributed by atoms with Crippen molar-refractivity contribution in [3.05, 3.63) is 76.1 Å². The van der Waals surface area contributed by atoms with Crippen LogP contribution in [0.25, 0.3) is 11.0 Å². The van der Waals surface area contributed by atoms with Crippen LogP contribution in [-0.2, 0) is 13.1 Å². The van der Waals surface area contributed by atoms with Crippen molar-refractivity contribution in [1.82, 2.24) is 4.90 Å². The van der Waals surface area contributed by atoms with Crippen LogP contribution in [0.4, 0.5) is 0 Å². The summed E-state index contributed by atoms with van der Waals surface area (Å²) in [7, 11) is 2.04. The average molecular weight is 323 g/mol. The van der Waals surface area contributed by atoms with Gasteiger partial charge in [0.2, 0.25) is 0 Å². The third-order valence-corrected chi connectivity index (χ3v) is 3.85. The highest BCUT2D eigenvalue weighted by Gasteiger charge is 2.10. The molecule has 0 aliphatic rings. The van der Waals surface area contributed by atoms with Gasteiger partial charge in [0.1, 0.15) is 11.3 Å². The molecular weight excluding hydrogens is 302 g/mol. The van der Waals surface area contributed by atoms with Gasteiger partial charge < -0.3 is 9.15 Å². The van der Waals surface area contributed by atoms with Crippen molar-refractivity contribution in [2.75, 3.05) is 13.7 Å². The molecule has 3 aromatic rings. The fourth-order valence-corrected chi connectivity index (χ4v) is 2.84. The van der Waals surface area contributed by atoms with E-state index in [-0.39, 0.29) is 5.63 Å². The summed E-state index contributed by atoms with van der Waals surface area (Å²) in [5.41, 5.74) is 2.45. The van der Waals surface area contributed by atoms with E-state index in [1.807, 2.05) is 44.3 Å². The maximum atomic E-state index is 11.8. The van der Waals surface area contributed by atoms with Crippen LogP contribution in [-0.4, -0.2) is 18.6 Å². The lowest BCUT2D eigenvalue weighted by Crippen LogP contribution is -2.18. The number of hydrogen-bond acceptors (Lipinski definition) is 4. The second kappa shape index (κ2) is 7.32. The van der Waals surface area contributed by atoms with Crippen LogP contribution in [0.3, 0.4) is 0 Å². The van der Waals surface area contributed by atoms with E-state index in [4.69, 9.17) is 9.15 Å². The molecule has 0 saturated heterocycles. The van der Waals surface area contributed by atoms with Crippen molar-refractivity contribution in [3.63, 3.8) is 0 Å². The predicted octanol–water partition coefficient (Wildman–Crippen LogP) is 3.82. The summed E-state index contributed by atoms with van der Waals surface area (Å²) in [5, 5.41) is 0.917. The Morgan fingerprint density at radius 2 is 1.83 bits per heavy atom. The fraction of sp³-hybridized carbons (Fsp3) is 0.250. The van der Waals surface area contributed by atoms with E-state index >= 15 is 0 Å². The minimum absolute atomic E-state index is 0.324. The van der Waals surface area contributed by atoms with Crippen LogP contribution in [0.1, 0.15) is 18.1 Å². The summed E-state index contributed by atoms with van der Waals surface area (Å²) >= 11 is 0. The van der Waals surface area contributed by atoms with E-state index < -0.39 is 0 Å². The van der Waals surface area contributed by atoms with Gasteiger partial charge in [-0.05, 0) is 43.3 Å². The monoisotopic (exact) mass is 323 g/mol. The highest BCUT2D eigenvalue weighted by Crippen LogP contribution is 2.24. The summed E-state index contributed by atoms with van der Waals surface area (Å²) in [6, 6.07) is 17.4. The minimum Gasteiger partial charge on any atom is -0.494 e. The second-order valence-corrected chi connectivity index (χ2v) is 5.84. The van der Waals surface area contributed by atoms with E-state index in [1.54, 1.807) is 12.1 Å². The number of hydrogen-bond donors (Lipinski definition) is 0. The maximum absolute atomic E-state index is 11.8. The highest BCUT2D eigenvalue weighted by atomic mass is 16.5. The zero-order chi connectivity index (χ0) is 16.9. The normalized spacial score (nSPS) is 11.1. The van der Waals surface area contributed by atoms with Crippen molar-refractivity contribution in [2.45, 2.75) is 20.0 Å². The molecule has 0 aliphatic carbocycles. The molecule has 3 rings (SSSR count). The van der Waals surface area contributed by atoms with Crippen LogP contribution in [0.5, 0.6) is 5.75 Å². The van der Waals surface area contributed by atoms with Crippen molar-refractivity contribution >= 4 is 11.0 Å². The van der Waals surface area contributed by atoms with Crippen LogP contribution in [0, 0.1) is 0 Å². The van der Waals surface area contributed by atoms with Gasteiger partial charge in [-0.15, -0.1) is 0 Å². The van der Waals surface area contributed by atoms with Crippen LogP contribution < -0.4 is 10.4 Å². The first-order valence-electron chi connectivity index (χ1n) is 8.08. The number of nitrogens with zero attached hydrogens (tertiary/aromatic N) is 1. The third-order valence-electron chi connectivity index (χ3n) is 3.85. The molecule has 0 amide bonds. The largest absolute Gasteiger partial charge is 0.494 e. The summed E-state index contributed by atoms with van der Waals surface area (Å²) in [6.45, 7) is 4.02. The number of benzene rings is 2. The van der Waals surface area contributed by atoms with Gasteiger partial charge in [-0.3, -0.25) is 4.90 Å². The number of fused-ring (bicyclic) bond motifs is 1. The fourth-order valence-electron chi connectivity index (χ4n) is 2.84. The van der Waals surface area contributed by atoms with Crippen LogP contribution in [0.2, 0.25) is 0 Å². The van der Waals surface area contributed by atoms with Crippen LogP contribution in [0.15, 0.2) is 63.8 Å². The van der Waals surface area contributed by atoms with Gasteiger partial charge in [0, 0.05) is 24.5 Å². The molecule has 1 aromatic heterocycles. The van der Waals surface area contributed by atoms with Crippen molar-refractivity contribution < 1.29 is 9.15 Å². The van der Waals surface area contributed by atoms with E-state index in [9.17, 15) is 4.79 Å². The van der Waals surface area contributed by atoms with Gasteiger partial charge in [0.05, 0.1) is 6.61 Å². The number of rotatable bonds is 6. The van der Waals surface area contributed by atoms with Gasteiger partial charge in [-0.1, -0.05) is 30.3 Å². The molecule has 0 saturated carbocycles. The molecular formula is C20H21NO3. The number of ether oxygens (including phenoxy) is 1. The molecule has 4 heteroatoms. The Balaban J connectivity index is 1.89. The standard InChI is InChI=1S/C20H21NO3/c1-3-23-17-9-10-19-18(12-17)16(11-20(22)24-19)14-21(2)13-15-7-5-4-6-8-15/h4-12H,3,13-14H2,1-2H3. The maximum Gasteiger partial charge on any atom is 0.336 e. The smallest absolute Gasteiger partial charge is 0.336 e. The predicted molar refractivity (Wildman–Crippen MR) is 95.3 cm³/mol. The summed E-state index contributed by atoms with van der Waals surface area (Å²) in [4.78, 5) is 14.0. The van der Waals surface area contributed by atoms with Crippen LogP contribution >= 0.6 is 0 Å². The van der Waals surface area contributed by atoms with Crippen molar-refractivity contribution in [3.8, 4) is 5.75 Å². The molecule has 0 radical (unpaired) electrons. The average Bonchev–Trinajstić information content (AvgIpc) is 2.56. The molecule has 0 spiro atoms. The van der Waals surface area contributed by atoms with E-state index in [0.717, 1.165) is 23.2 Å². The third kappa shape index (κ3) is 3.84. The quantitative estimate of drug-likeness (QED) is 0.647. The molecule has 0 fully saturated rings. The van der Waals surface area contributed by atoms with Gasteiger partial charge in [0.15, 0.2) is 0 Å². The molecule has 124 valence electrons. The molecule has 1 heterocycles. The lowest BCUT2D eigenvalue weighted by Gasteiger charge is -2.18. The molecule has 0 atom stereocenters.